The maximum atomic E-state index is 5.80. The number of nitrogens with two attached hydrogens (primary N) is 1. The van der Waals surface area contributed by atoms with E-state index in [1.54, 1.807) is 12.4 Å². The van der Waals surface area contributed by atoms with Crippen molar-refractivity contribution in [1.29, 1.82) is 0 Å². The number of rotatable bonds is 3. The lowest BCUT2D eigenvalue weighted by Crippen LogP contribution is -2.28. The lowest BCUT2D eigenvalue weighted by Gasteiger charge is -2.37. The first-order valence-electron chi connectivity index (χ1n) is 7.66. The third-order valence-electron chi connectivity index (χ3n) is 4.26. The normalized spacial score (nSPS) is 20.1. The highest BCUT2D eigenvalue weighted by Crippen LogP contribution is 2.40. The maximum absolute atomic E-state index is 5.80. The number of likely N-dealkylation sites (tertiary alicyclic amines) is 1. The number of aromatic nitrogens is 1. The van der Waals surface area contributed by atoms with E-state index in [-0.39, 0.29) is 6.04 Å². The van der Waals surface area contributed by atoms with Gasteiger partial charge in [0, 0.05) is 29.9 Å². The summed E-state index contributed by atoms with van der Waals surface area (Å²) in [6.45, 7) is 3.98. The Labute approximate surface area is 131 Å². The van der Waals surface area contributed by atoms with Crippen molar-refractivity contribution in [3.05, 3.63) is 79.0 Å². The minimum atomic E-state index is 0.275. The molecule has 1 saturated heterocycles. The Balaban J connectivity index is 2.06. The summed E-state index contributed by atoms with van der Waals surface area (Å²) in [7, 11) is 0. The first kappa shape index (κ1) is 14.4. The van der Waals surface area contributed by atoms with Crippen molar-refractivity contribution in [3.63, 3.8) is 0 Å². The average Bonchev–Trinajstić information content (AvgIpc) is 2.61. The largest absolute Gasteiger partial charge is 0.403 e. The second-order valence-corrected chi connectivity index (χ2v) is 5.48. The Bertz CT molecular complexity index is 676. The molecule has 1 atom stereocenters. The fourth-order valence-corrected chi connectivity index (χ4v) is 3.24. The Hall–Kier alpha value is -2.55. The van der Waals surface area contributed by atoms with Gasteiger partial charge in [0.25, 0.3) is 0 Å². The quantitative estimate of drug-likeness (QED) is 0.920. The molecule has 112 valence electrons. The number of benzene rings is 1. The van der Waals surface area contributed by atoms with Crippen molar-refractivity contribution < 1.29 is 0 Å². The summed E-state index contributed by atoms with van der Waals surface area (Å²) in [4.78, 5) is 6.46. The first-order valence-corrected chi connectivity index (χ1v) is 7.66. The van der Waals surface area contributed by atoms with Crippen LogP contribution in [0.1, 0.15) is 30.9 Å². The molecule has 0 spiro atoms. The highest BCUT2D eigenvalue weighted by Gasteiger charge is 2.26. The van der Waals surface area contributed by atoms with Crippen molar-refractivity contribution in [3.8, 4) is 11.1 Å². The van der Waals surface area contributed by atoms with Crippen molar-refractivity contribution in [2.24, 2.45) is 5.73 Å². The SMILES string of the molecule is C=CN1/C(=C\N)CCCC1c1ccccc1-c1cccnc1. The van der Waals surface area contributed by atoms with Crippen LogP contribution in [-0.2, 0) is 0 Å². The van der Waals surface area contributed by atoms with E-state index in [1.807, 2.05) is 18.5 Å². The van der Waals surface area contributed by atoms with Gasteiger partial charge in [0.2, 0.25) is 0 Å². The van der Waals surface area contributed by atoms with Gasteiger partial charge >= 0.3 is 0 Å². The number of hydrogen-bond donors (Lipinski definition) is 1. The molecular formula is C19H21N3. The monoisotopic (exact) mass is 291 g/mol. The fourth-order valence-electron chi connectivity index (χ4n) is 3.24. The molecule has 3 nitrogen and oxygen atoms in total. The van der Waals surface area contributed by atoms with E-state index in [9.17, 15) is 0 Å². The van der Waals surface area contributed by atoms with Gasteiger partial charge in [-0.05, 0) is 42.7 Å². The third-order valence-corrected chi connectivity index (χ3v) is 4.26. The predicted octanol–water partition coefficient (Wildman–Crippen LogP) is 4.22. The van der Waals surface area contributed by atoms with Gasteiger partial charge in [0.1, 0.15) is 0 Å². The van der Waals surface area contributed by atoms with Crippen LogP contribution in [0.25, 0.3) is 11.1 Å². The van der Waals surface area contributed by atoms with Gasteiger partial charge in [-0.25, -0.2) is 0 Å². The zero-order chi connectivity index (χ0) is 15.4. The molecule has 0 bridgehead atoms. The van der Waals surface area contributed by atoms with Gasteiger partial charge in [-0.3, -0.25) is 4.98 Å². The summed E-state index contributed by atoms with van der Waals surface area (Å²) in [5, 5.41) is 0. The number of allylic oxidation sites excluding steroid dienone is 1. The zero-order valence-corrected chi connectivity index (χ0v) is 12.7. The lowest BCUT2D eigenvalue weighted by molar-refractivity contribution is 0.272. The van der Waals surface area contributed by atoms with Gasteiger partial charge < -0.3 is 10.6 Å². The molecule has 0 amide bonds. The lowest BCUT2D eigenvalue weighted by atomic mass is 9.89. The van der Waals surface area contributed by atoms with E-state index in [4.69, 9.17) is 5.73 Å². The van der Waals surface area contributed by atoms with E-state index in [2.05, 4.69) is 46.8 Å². The Morgan fingerprint density at radius 1 is 1.23 bits per heavy atom. The number of pyridine rings is 1. The van der Waals surface area contributed by atoms with Crippen molar-refractivity contribution in [1.82, 2.24) is 9.88 Å². The van der Waals surface area contributed by atoms with Gasteiger partial charge in [0.05, 0.1) is 6.04 Å². The molecule has 2 aromatic rings. The summed E-state index contributed by atoms with van der Waals surface area (Å²) < 4.78 is 0. The van der Waals surface area contributed by atoms with Gasteiger partial charge in [-0.15, -0.1) is 0 Å². The first-order chi connectivity index (χ1) is 10.8. The molecule has 0 saturated carbocycles. The smallest absolute Gasteiger partial charge is 0.0589 e. The maximum Gasteiger partial charge on any atom is 0.0589 e. The van der Waals surface area contributed by atoms with Crippen LogP contribution in [0.15, 0.2) is 73.5 Å². The molecule has 22 heavy (non-hydrogen) atoms. The van der Waals surface area contributed by atoms with Crippen molar-refractivity contribution >= 4 is 0 Å². The van der Waals surface area contributed by atoms with Crippen LogP contribution in [-0.4, -0.2) is 9.88 Å². The molecule has 1 aromatic heterocycles. The van der Waals surface area contributed by atoms with Crippen molar-refractivity contribution in [2.75, 3.05) is 0 Å². The third kappa shape index (κ3) is 2.62. The Morgan fingerprint density at radius 3 is 2.82 bits per heavy atom. The number of hydrogen-bond acceptors (Lipinski definition) is 3. The molecule has 1 unspecified atom stereocenters. The van der Waals surface area contributed by atoms with Crippen LogP contribution in [0.4, 0.5) is 0 Å². The Kier molecular flexibility index (Phi) is 4.24. The molecule has 1 aliphatic heterocycles. The van der Waals surface area contributed by atoms with Gasteiger partial charge in [0.15, 0.2) is 0 Å². The van der Waals surface area contributed by atoms with Crippen LogP contribution >= 0.6 is 0 Å². The number of nitrogens with zero attached hydrogens (tertiary/aromatic N) is 2. The minimum Gasteiger partial charge on any atom is -0.403 e. The van der Waals surface area contributed by atoms with Crippen LogP contribution in [0.3, 0.4) is 0 Å². The predicted molar refractivity (Wildman–Crippen MR) is 90.6 cm³/mol. The van der Waals surface area contributed by atoms with Gasteiger partial charge in [-0.2, -0.15) is 0 Å². The molecule has 3 rings (SSSR count). The molecule has 2 heterocycles. The van der Waals surface area contributed by atoms with Gasteiger partial charge in [-0.1, -0.05) is 36.9 Å². The van der Waals surface area contributed by atoms with Crippen LogP contribution in [0.5, 0.6) is 0 Å². The topological polar surface area (TPSA) is 42.1 Å². The second-order valence-electron chi connectivity index (χ2n) is 5.48. The van der Waals surface area contributed by atoms with E-state index in [0.717, 1.165) is 30.5 Å². The van der Waals surface area contributed by atoms with E-state index in [0.29, 0.717) is 0 Å². The molecule has 1 aromatic carbocycles. The Morgan fingerprint density at radius 2 is 2.09 bits per heavy atom. The molecule has 3 heteroatoms. The molecule has 1 fully saturated rings. The zero-order valence-electron chi connectivity index (χ0n) is 12.7. The van der Waals surface area contributed by atoms with Crippen LogP contribution in [0, 0.1) is 0 Å². The average molecular weight is 291 g/mol. The summed E-state index contributed by atoms with van der Waals surface area (Å²) in [6.07, 6.45) is 10.6. The molecule has 1 aliphatic rings. The highest BCUT2D eigenvalue weighted by atomic mass is 15.2. The van der Waals surface area contributed by atoms with E-state index in [1.165, 1.54) is 11.1 Å². The second kappa shape index (κ2) is 6.48. The fraction of sp³-hybridized carbons (Fsp3) is 0.211. The van der Waals surface area contributed by atoms with Crippen LogP contribution in [0.2, 0.25) is 0 Å². The van der Waals surface area contributed by atoms with E-state index < -0.39 is 0 Å². The van der Waals surface area contributed by atoms with Crippen LogP contribution < -0.4 is 5.73 Å². The summed E-state index contributed by atoms with van der Waals surface area (Å²) in [6, 6.07) is 12.9. The molecule has 2 N–H and O–H groups in total. The molecule has 0 radical (unpaired) electrons. The summed E-state index contributed by atoms with van der Waals surface area (Å²) in [5.74, 6) is 0. The standard InChI is InChI=1S/C19H21N3/c1-2-22-16(13-20)8-5-11-19(22)18-10-4-3-9-17(18)15-7-6-12-21-14-15/h2-4,6-7,9-10,12-14,19H,1,5,8,11,20H2/b16-13-. The summed E-state index contributed by atoms with van der Waals surface area (Å²) in [5.41, 5.74) is 10.6. The highest BCUT2D eigenvalue weighted by molar-refractivity contribution is 5.67. The minimum absolute atomic E-state index is 0.275. The summed E-state index contributed by atoms with van der Waals surface area (Å²) >= 11 is 0. The van der Waals surface area contributed by atoms with E-state index >= 15 is 0 Å². The molecule has 0 aliphatic carbocycles. The molecular weight excluding hydrogens is 270 g/mol. The van der Waals surface area contributed by atoms with Crippen molar-refractivity contribution in [2.45, 2.75) is 25.3 Å². The number of piperidine rings is 1.